The van der Waals surface area contributed by atoms with Gasteiger partial charge < -0.3 is 10.6 Å². The topological polar surface area (TPSA) is 49.8 Å². The Balaban J connectivity index is 2.22. The fourth-order valence-electron chi connectivity index (χ4n) is 1.28. The lowest BCUT2D eigenvalue weighted by Crippen LogP contribution is -1.97. The van der Waals surface area contributed by atoms with Crippen LogP contribution < -0.4 is 10.6 Å². The molecule has 0 aliphatic rings. The highest BCUT2D eigenvalue weighted by molar-refractivity contribution is 6.42. The van der Waals surface area contributed by atoms with E-state index in [1.807, 2.05) is 6.07 Å². The molecule has 1 heterocycles. The molecule has 0 fully saturated rings. The minimum Gasteiger partial charge on any atom is -0.373 e. The maximum absolute atomic E-state index is 5.92. The first-order chi connectivity index (χ1) is 8.19. The summed E-state index contributed by atoms with van der Waals surface area (Å²) in [6.45, 7) is 0. The number of hydrogen-bond acceptors (Lipinski definition) is 4. The summed E-state index contributed by atoms with van der Waals surface area (Å²) >= 11 is 11.8. The van der Waals surface area contributed by atoms with Crippen LogP contribution in [-0.2, 0) is 0 Å². The average molecular weight is 269 g/mol. The van der Waals surface area contributed by atoms with Crippen LogP contribution in [0, 0.1) is 0 Å². The van der Waals surface area contributed by atoms with Gasteiger partial charge in [0.25, 0.3) is 0 Å². The second-order valence-corrected chi connectivity index (χ2v) is 4.11. The van der Waals surface area contributed by atoms with Crippen molar-refractivity contribution in [2.75, 3.05) is 17.7 Å². The fraction of sp³-hybridized carbons (Fsp3) is 0.0909. The molecular formula is C11H10Cl2N4. The molecule has 0 aliphatic heterocycles. The predicted molar refractivity (Wildman–Crippen MR) is 71.3 cm³/mol. The number of rotatable bonds is 3. The van der Waals surface area contributed by atoms with Gasteiger partial charge in [0.2, 0.25) is 0 Å². The van der Waals surface area contributed by atoms with Crippen molar-refractivity contribution in [2.45, 2.75) is 0 Å². The van der Waals surface area contributed by atoms with Gasteiger partial charge in [-0.25, -0.2) is 9.97 Å². The molecule has 0 radical (unpaired) electrons. The fourth-order valence-corrected chi connectivity index (χ4v) is 1.58. The molecule has 2 N–H and O–H groups in total. The van der Waals surface area contributed by atoms with Crippen molar-refractivity contribution in [3.63, 3.8) is 0 Å². The van der Waals surface area contributed by atoms with E-state index >= 15 is 0 Å². The SMILES string of the molecule is CNc1cc(Nc2ccc(Cl)c(Cl)c2)ncn1. The second kappa shape index (κ2) is 5.21. The minimum atomic E-state index is 0.500. The lowest BCUT2D eigenvalue weighted by Gasteiger charge is -2.07. The quantitative estimate of drug-likeness (QED) is 0.894. The van der Waals surface area contributed by atoms with E-state index in [1.165, 1.54) is 6.33 Å². The molecule has 88 valence electrons. The summed E-state index contributed by atoms with van der Waals surface area (Å²) in [5.74, 6) is 1.42. The highest BCUT2D eigenvalue weighted by Gasteiger charge is 2.01. The highest BCUT2D eigenvalue weighted by Crippen LogP contribution is 2.26. The summed E-state index contributed by atoms with van der Waals surface area (Å²) in [6, 6.07) is 7.09. The van der Waals surface area contributed by atoms with Crippen molar-refractivity contribution in [3.8, 4) is 0 Å². The van der Waals surface area contributed by atoms with Gasteiger partial charge in [-0.05, 0) is 18.2 Å². The van der Waals surface area contributed by atoms with Gasteiger partial charge in [-0.3, -0.25) is 0 Å². The van der Waals surface area contributed by atoms with Crippen LogP contribution in [0.2, 0.25) is 10.0 Å². The Bertz CT molecular complexity index is 531. The molecule has 2 aromatic rings. The average Bonchev–Trinajstić information content (AvgIpc) is 2.34. The third-order valence-corrected chi connectivity index (χ3v) is 2.85. The maximum Gasteiger partial charge on any atom is 0.135 e. The Morgan fingerprint density at radius 2 is 1.76 bits per heavy atom. The normalized spacial score (nSPS) is 10.1. The molecule has 1 aromatic carbocycles. The Morgan fingerprint density at radius 1 is 1.00 bits per heavy atom. The first-order valence-corrected chi connectivity index (χ1v) is 5.66. The molecule has 0 amide bonds. The number of nitrogens with one attached hydrogen (secondary N) is 2. The van der Waals surface area contributed by atoms with Crippen LogP contribution in [0.1, 0.15) is 0 Å². The first-order valence-electron chi connectivity index (χ1n) is 4.91. The molecule has 2 rings (SSSR count). The summed E-state index contributed by atoms with van der Waals surface area (Å²) in [6.07, 6.45) is 1.48. The molecule has 0 atom stereocenters. The number of benzene rings is 1. The van der Waals surface area contributed by atoms with Gasteiger partial charge in [0.05, 0.1) is 10.0 Å². The van der Waals surface area contributed by atoms with E-state index in [0.717, 1.165) is 11.5 Å². The predicted octanol–water partition coefficient (Wildman–Crippen LogP) is 3.57. The molecule has 0 saturated carbocycles. The van der Waals surface area contributed by atoms with Gasteiger partial charge in [0.15, 0.2) is 0 Å². The third kappa shape index (κ3) is 2.99. The molecule has 0 unspecified atom stereocenters. The zero-order valence-electron chi connectivity index (χ0n) is 9.04. The van der Waals surface area contributed by atoms with Crippen LogP contribution in [0.25, 0.3) is 0 Å². The van der Waals surface area contributed by atoms with Gasteiger partial charge in [-0.1, -0.05) is 23.2 Å². The summed E-state index contributed by atoms with van der Waals surface area (Å²) in [4.78, 5) is 8.12. The molecule has 6 heteroatoms. The Kier molecular flexibility index (Phi) is 3.66. The van der Waals surface area contributed by atoms with Crippen molar-refractivity contribution in [2.24, 2.45) is 0 Å². The van der Waals surface area contributed by atoms with Crippen LogP contribution >= 0.6 is 23.2 Å². The Labute approximate surface area is 109 Å². The van der Waals surface area contributed by atoms with E-state index in [2.05, 4.69) is 20.6 Å². The standard InChI is InChI=1S/C11H10Cl2N4/c1-14-10-5-11(16-6-15-10)17-7-2-3-8(12)9(13)4-7/h2-6H,1H3,(H2,14,15,16,17). The Morgan fingerprint density at radius 3 is 2.47 bits per heavy atom. The van der Waals surface area contributed by atoms with Crippen LogP contribution in [0.4, 0.5) is 17.3 Å². The number of hydrogen-bond donors (Lipinski definition) is 2. The van der Waals surface area contributed by atoms with Crippen molar-refractivity contribution in [3.05, 3.63) is 40.6 Å². The van der Waals surface area contributed by atoms with Crippen LogP contribution in [0.5, 0.6) is 0 Å². The molecule has 4 nitrogen and oxygen atoms in total. The number of aromatic nitrogens is 2. The minimum absolute atomic E-state index is 0.500. The summed E-state index contributed by atoms with van der Waals surface area (Å²) in [5, 5.41) is 7.07. The third-order valence-electron chi connectivity index (χ3n) is 2.12. The molecule has 17 heavy (non-hydrogen) atoms. The van der Waals surface area contributed by atoms with E-state index in [-0.39, 0.29) is 0 Å². The molecule has 0 saturated heterocycles. The van der Waals surface area contributed by atoms with E-state index < -0.39 is 0 Å². The van der Waals surface area contributed by atoms with Crippen molar-refractivity contribution >= 4 is 40.5 Å². The number of halogens is 2. The van der Waals surface area contributed by atoms with Crippen LogP contribution in [0.3, 0.4) is 0 Å². The van der Waals surface area contributed by atoms with Crippen LogP contribution in [-0.4, -0.2) is 17.0 Å². The van der Waals surface area contributed by atoms with E-state index in [4.69, 9.17) is 23.2 Å². The van der Waals surface area contributed by atoms with E-state index in [0.29, 0.717) is 15.9 Å². The zero-order chi connectivity index (χ0) is 12.3. The highest BCUT2D eigenvalue weighted by atomic mass is 35.5. The molecule has 0 bridgehead atoms. The first kappa shape index (κ1) is 12.0. The number of anilines is 3. The van der Waals surface area contributed by atoms with E-state index in [1.54, 1.807) is 25.2 Å². The largest absolute Gasteiger partial charge is 0.373 e. The van der Waals surface area contributed by atoms with Crippen molar-refractivity contribution in [1.29, 1.82) is 0 Å². The zero-order valence-corrected chi connectivity index (χ0v) is 10.5. The maximum atomic E-state index is 5.92. The van der Waals surface area contributed by atoms with Crippen molar-refractivity contribution in [1.82, 2.24) is 9.97 Å². The summed E-state index contributed by atoms with van der Waals surface area (Å²) in [7, 11) is 1.80. The summed E-state index contributed by atoms with van der Waals surface area (Å²) in [5.41, 5.74) is 0.820. The van der Waals surface area contributed by atoms with Gasteiger partial charge in [-0.15, -0.1) is 0 Å². The molecule has 1 aromatic heterocycles. The molecule has 0 aliphatic carbocycles. The smallest absolute Gasteiger partial charge is 0.135 e. The Hall–Kier alpha value is -1.52. The van der Waals surface area contributed by atoms with Gasteiger partial charge in [0.1, 0.15) is 18.0 Å². The van der Waals surface area contributed by atoms with Gasteiger partial charge in [-0.2, -0.15) is 0 Å². The van der Waals surface area contributed by atoms with Crippen molar-refractivity contribution < 1.29 is 0 Å². The van der Waals surface area contributed by atoms with Gasteiger partial charge >= 0.3 is 0 Å². The van der Waals surface area contributed by atoms with E-state index in [9.17, 15) is 0 Å². The van der Waals surface area contributed by atoms with Crippen LogP contribution in [0.15, 0.2) is 30.6 Å². The summed E-state index contributed by atoms with van der Waals surface area (Å²) < 4.78 is 0. The van der Waals surface area contributed by atoms with Gasteiger partial charge in [0, 0.05) is 18.8 Å². The second-order valence-electron chi connectivity index (χ2n) is 3.29. The lowest BCUT2D eigenvalue weighted by atomic mass is 10.3. The number of nitrogens with zero attached hydrogens (tertiary/aromatic N) is 2. The lowest BCUT2D eigenvalue weighted by molar-refractivity contribution is 1.16. The monoisotopic (exact) mass is 268 g/mol. The molecular weight excluding hydrogens is 259 g/mol. The molecule has 0 spiro atoms.